The fraction of sp³-hybridized carbons (Fsp3) is 0.0833. The first kappa shape index (κ1) is 14.7. The van der Waals surface area contributed by atoms with Gasteiger partial charge in [0.25, 0.3) is 10.0 Å². The number of halogens is 2. The van der Waals surface area contributed by atoms with E-state index in [2.05, 4.69) is 25.6 Å². The molecule has 0 aliphatic carbocycles. The minimum Gasteiger partial charge on any atom is -0.398 e. The van der Waals surface area contributed by atoms with Gasteiger partial charge in [-0.05, 0) is 47.1 Å². The van der Waals surface area contributed by atoms with Crippen LogP contribution in [0.25, 0.3) is 0 Å². The molecule has 0 saturated carbocycles. The third kappa shape index (κ3) is 3.07. The van der Waals surface area contributed by atoms with Crippen molar-refractivity contribution in [3.8, 4) is 0 Å². The number of rotatable bonds is 3. The molecule has 0 bridgehead atoms. The monoisotopic (exact) mass is 359 g/mol. The first-order valence-corrected chi connectivity index (χ1v) is 7.78. The van der Waals surface area contributed by atoms with Crippen LogP contribution >= 0.6 is 15.9 Å². The van der Waals surface area contributed by atoms with Crippen molar-refractivity contribution in [1.29, 1.82) is 0 Å². The van der Waals surface area contributed by atoms with Gasteiger partial charge in [-0.25, -0.2) is 17.8 Å². The molecule has 0 unspecified atom stereocenters. The Kier molecular flexibility index (Phi) is 3.96. The van der Waals surface area contributed by atoms with Gasteiger partial charge in [0.1, 0.15) is 16.5 Å². The zero-order valence-electron chi connectivity index (χ0n) is 10.4. The fourth-order valence-electron chi connectivity index (χ4n) is 1.57. The number of nitrogens with one attached hydrogen (secondary N) is 1. The normalized spacial score (nSPS) is 11.3. The molecule has 1 aromatic heterocycles. The second-order valence-electron chi connectivity index (χ2n) is 4.07. The van der Waals surface area contributed by atoms with Gasteiger partial charge in [0.05, 0.1) is 10.2 Å². The SMILES string of the molecule is Cc1cccc(NS(=O)(=O)c2cc(Br)c(F)cc2N)n1. The van der Waals surface area contributed by atoms with Crippen molar-refractivity contribution in [3.05, 3.63) is 46.3 Å². The quantitative estimate of drug-likeness (QED) is 0.825. The molecule has 106 valence electrons. The Balaban J connectivity index is 2.43. The van der Waals surface area contributed by atoms with Gasteiger partial charge in [0.15, 0.2) is 0 Å². The van der Waals surface area contributed by atoms with Crippen LogP contribution in [-0.2, 0) is 10.0 Å². The van der Waals surface area contributed by atoms with E-state index in [4.69, 9.17) is 5.73 Å². The van der Waals surface area contributed by atoms with Gasteiger partial charge in [-0.15, -0.1) is 0 Å². The first-order chi connectivity index (χ1) is 9.29. The number of pyridine rings is 1. The Hall–Kier alpha value is -1.67. The lowest BCUT2D eigenvalue weighted by Gasteiger charge is -2.10. The second-order valence-corrected chi connectivity index (χ2v) is 6.58. The predicted octanol–water partition coefficient (Wildman–Crippen LogP) is 2.67. The van der Waals surface area contributed by atoms with Crippen molar-refractivity contribution in [2.75, 3.05) is 10.5 Å². The highest BCUT2D eigenvalue weighted by molar-refractivity contribution is 9.10. The summed E-state index contributed by atoms with van der Waals surface area (Å²) in [5.74, 6) is -0.458. The average molecular weight is 360 g/mol. The molecule has 0 amide bonds. The van der Waals surface area contributed by atoms with Crippen LogP contribution in [0.5, 0.6) is 0 Å². The minimum absolute atomic E-state index is 0.0178. The summed E-state index contributed by atoms with van der Waals surface area (Å²) >= 11 is 2.93. The standard InChI is InChI=1S/C12H11BrFN3O2S/c1-7-3-2-4-12(16-7)17-20(18,19)11-5-8(13)9(14)6-10(11)15/h2-6H,15H2,1H3,(H,16,17). The summed E-state index contributed by atoms with van der Waals surface area (Å²) in [5, 5.41) is 0. The van der Waals surface area contributed by atoms with Crippen molar-refractivity contribution in [2.45, 2.75) is 11.8 Å². The number of aryl methyl sites for hydroxylation is 1. The Morgan fingerprint density at radius 2 is 2.05 bits per heavy atom. The molecule has 3 N–H and O–H groups in total. The summed E-state index contributed by atoms with van der Waals surface area (Å²) in [6, 6.07) is 6.98. The van der Waals surface area contributed by atoms with E-state index in [-0.39, 0.29) is 20.9 Å². The lowest BCUT2D eigenvalue weighted by Crippen LogP contribution is -2.16. The number of anilines is 2. The molecule has 8 heteroatoms. The third-order valence-electron chi connectivity index (χ3n) is 2.47. The molecule has 1 heterocycles. The topological polar surface area (TPSA) is 85.1 Å². The number of nitrogens with zero attached hydrogens (tertiary/aromatic N) is 1. The van der Waals surface area contributed by atoms with Crippen molar-refractivity contribution >= 4 is 37.5 Å². The summed E-state index contributed by atoms with van der Waals surface area (Å²) in [5.41, 5.74) is 6.05. The zero-order chi connectivity index (χ0) is 14.9. The van der Waals surface area contributed by atoms with Gasteiger partial charge in [-0.2, -0.15) is 0 Å². The maximum Gasteiger partial charge on any atom is 0.265 e. The van der Waals surface area contributed by atoms with Crippen LogP contribution in [0.1, 0.15) is 5.69 Å². The summed E-state index contributed by atoms with van der Waals surface area (Å²) in [7, 11) is -3.93. The van der Waals surface area contributed by atoms with E-state index in [1.807, 2.05) is 0 Å². The maximum absolute atomic E-state index is 13.3. The van der Waals surface area contributed by atoms with Crippen molar-refractivity contribution < 1.29 is 12.8 Å². The van der Waals surface area contributed by atoms with Crippen molar-refractivity contribution in [2.24, 2.45) is 0 Å². The van der Waals surface area contributed by atoms with E-state index in [0.29, 0.717) is 5.69 Å². The van der Waals surface area contributed by atoms with Crippen molar-refractivity contribution in [1.82, 2.24) is 4.98 Å². The molecule has 20 heavy (non-hydrogen) atoms. The zero-order valence-corrected chi connectivity index (χ0v) is 12.8. The smallest absolute Gasteiger partial charge is 0.265 e. The largest absolute Gasteiger partial charge is 0.398 e. The van der Waals surface area contributed by atoms with E-state index >= 15 is 0 Å². The highest BCUT2D eigenvalue weighted by Gasteiger charge is 2.20. The van der Waals surface area contributed by atoms with Crippen LogP contribution < -0.4 is 10.5 Å². The molecule has 2 rings (SSSR count). The Labute approximate surface area is 124 Å². The van der Waals surface area contributed by atoms with Crippen molar-refractivity contribution in [3.63, 3.8) is 0 Å². The molecule has 0 spiro atoms. The number of hydrogen-bond donors (Lipinski definition) is 2. The van der Waals surface area contributed by atoms with Crippen LogP contribution in [0.2, 0.25) is 0 Å². The minimum atomic E-state index is -3.93. The molecule has 0 atom stereocenters. The lowest BCUT2D eigenvalue weighted by molar-refractivity contribution is 0.599. The molecule has 0 fully saturated rings. The highest BCUT2D eigenvalue weighted by Crippen LogP contribution is 2.27. The molecule has 0 saturated heterocycles. The maximum atomic E-state index is 13.3. The predicted molar refractivity (Wildman–Crippen MR) is 78.3 cm³/mol. The van der Waals surface area contributed by atoms with E-state index in [0.717, 1.165) is 12.1 Å². The van der Waals surface area contributed by atoms with Gasteiger partial charge >= 0.3 is 0 Å². The van der Waals surface area contributed by atoms with Crippen LogP contribution in [0.3, 0.4) is 0 Å². The lowest BCUT2D eigenvalue weighted by atomic mass is 10.3. The number of benzene rings is 1. The molecule has 0 aliphatic heterocycles. The molecular formula is C12H11BrFN3O2S. The second kappa shape index (κ2) is 5.37. The summed E-state index contributed by atoms with van der Waals surface area (Å²) < 4.78 is 40.0. The fourth-order valence-corrected chi connectivity index (χ4v) is 3.21. The van der Waals surface area contributed by atoms with Gasteiger partial charge < -0.3 is 5.73 Å². The summed E-state index contributed by atoms with van der Waals surface area (Å²) in [4.78, 5) is 3.82. The van der Waals surface area contributed by atoms with E-state index in [1.54, 1.807) is 19.1 Å². The summed E-state index contributed by atoms with van der Waals surface area (Å²) in [6.07, 6.45) is 0. The Morgan fingerprint density at radius 1 is 1.35 bits per heavy atom. The van der Waals surface area contributed by atoms with Crippen LogP contribution in [0.4, 0.5) is 15.9 Å². The third-order valence-corrected chi connectivity index (χ3v) is 4.49. The average Bonchev–Trinajstić information content (AvgIpc) is 2.33. The number of aromatic nitrogens is 1. The molecule has 5 nitrogen and oxygen atoms in total. The Bertz CT molecular complexity index is 765. The van der Waals surface area contributed by atoms with Gasteiger partial charge in [-0.3, -0.25) is 4.72 Å². The van der Waals surface area contributed by atoms with Gasteiger partial charge in [0, 0.05) is 5.69 Å². The van der Waals surface area contributed by atoms with E-state index in [9.17, 15) is 12.8 Å². The number of hydrogen-bond acceptors (Lipinski definition) is 4. The number of nitrogen functional groups attached to an aromatic ring is 1. The van der Waals surface area contributed by atoms with Crippen LogP contribution in [0.15, 0.2) is 39.7 Å². The van der Waals surface area contributed by atoms with Crippen LogP contribution in [0, 0.1) is 12.7 Å². The van der Waals surface area contributed by atoms with E-state index < -0.39 is 15.8 Å². The highest BCUT2D eigenvalue weighted by atomic mass is 79.9. The molecule has 1 aromatic carbocycles. The molecule has 0 aliphatic rings. The number of nitrogens with two attached hydrogens (primary N) is 1. The Morgan fingerprint density at radius 3 is 2.70 bits per heavy atom. The van der Waals surface area contributed by atoms with Crippen LogP contribution in [-0.4, -0.2) is 13.4 Å². The molecular weight excluding hydrogens is 349 g/mol. The van der Waals surface area contributed by atoms with Gasteiger partial charge in [-0.1, -0.05) is 6.07 Å². The summed E-state index contributed by atoms with van der Waals surface area (Å²) in [6.45, 7) is 1.74. The number of sulfonamides is 1. The van der Waals surface area contributed by atoms with E-state index in [1.165, 1.54) is 6.07 Å². The molecule has 0 radical (unpaired) electrons. The first-order valence-electron chi connectivity index (χ1n) is 5.50. The molecule has 2 aromatic rings. The van der Waals surface area contributed by atoms with Gasteiger partial charge in [0.2, 0.25) is 0 Å².